The van der Waals surface area contributed by atoms with Gasteiger partial charge in [0.25, 0.3) is 0 Å². The van der Waals surface area contributed by atoms with Crippen molar-refractivity contribution in [3.8, 4) is 5.69 Å². The molecule has 17 heavy (non-hydrogen) atoms. The molecular weight excluding hydrogens is 307 g/mol. The number of rotatable bonds is 2. The molecule has 0 saturated carbocycles. The fourth-order valence-corrected chi connectivity index (χ4v) is 2.08. The zero-order valence-corrected chi connectivity index (χ0v) is 11.2. The molecule has 0 aliphatic carbocycles. The Labute approximate surface area is 111 Å². The summed E-state index contributed by atoms with van der Waals surface area (Å²) in [5.41, 5.74) is 1.43. The molecule has 88 valence electrons. The first kappa shape index (κ1) is 12.1. The lowest BCUT2D eigenvalue weighted by Gasteiger charge is -2.04. The summed E-state index contributed by atoms with van der Waals surface area (Å²) in [5.74, 6) is -1.07. The predicted molar refractivity (Wildman–Crippen MR) is 68.0 cm³/mol. The van der Waals surface area contributed by atoms with Gasteiger partial charge in [0.1, 0.15) is 0 Å². The molecule has 0 amide bonds. The number of halogens is 2. The molecule has 0 bridgehead atoms. The third-order valence-electron chi connectivity index (χ3n) is 2.30. The molecule has 6 heteroatoms. The Morgan fingerprint density at radius 3 is 2.76 bits per heavy atom. The summed E-state index contributed by atoms with van der Waals surface area (Å²) in [7, 11) is 0. The Hall–Kier alpha value is -1.33. The third-order valence-corrected chi connectivity index (χ3v) is 3.48. The van der Waals surface area contributed by atoms with Crippen molar-refractivity contribution in [2.75, 3.05) is 0 Å². The van der Waals surface area contributed by atoms with E-state index in [4.69, 9.17) is 16.7 Å². The van der Waals surface area contributed by atoms with Gasteiger partial charge in [-0.15, -0.1) is 0 Å². The number of hydrogen-bond donors (Lipinski definition) is 1. The first-order chi connectivity index (χ1) is 8.00. The van der Waals surface area contributed by atoms with Crippen LogP contribution in [0.15, 0.2) is 28.7 Å². The van der Waals surface area contributed by atoms with Gasteiger partial charge >= 0.3 is 5.97 Å². The van der Waals surface area contributed by atoms with E-state index >= 15 is 0 Å². The van der Waals surface area contributed by atoms with Crippen LogP contribution in [0.5, 0.6) is 0 Å². The lowest BCUT2D eigenvalue weighted by atomic mass is 10.3. The average molecular weight is 316 g/mol. The summed E-state index contributed by atoms with van der Waals surface area (Å²) in [6.45, 7) is 1.78. The van der Waals surface area contributed by atoms with Crippen LogP contribution in [0.4, 0.5) is 0 Å². The Morgan fingerprint density at radius 2 is 2.24 bits per heavy atom. The minimum Gasteiger partial charge on any atom is -0.476 e. The molecule has 0 atom stereocenters. The van der Waals surface area contributed by atoms with E-state index in [1.54, 1.807) is 29.8 Å². The van der Waals surface area contributed by atoms with Gasteiger partial charge in [0.05, 0.1) is 15.9 Å². The number of nitrogens with zero attached hydrogens (tertiary/aromatic N) is 2. The number of carboxylic acid groups (broad SMARTS) is 1. The molecule has 1 heterocycles. The van der Waals surface area contributed by atoms with Crippen molar-refractivity contribution >= 4 is 33.5 Å². The fourth-order valence-electron chi connectivity index (χ4n) is 1.48. The first-order valence-corrected chi connectivity index (χ1v) is 5.92. The number of aromatic carboxylic acids is 1. The predicted octanol–water partition coefficient (Wildman–Crippen LogP) is 3.29. The maximum Gasteiger partial charge on any atom is 0.357 e. The monoisotopic (exact) mass is 314 g/mol. The number of hydrogen-bond acceptors (Lipinski definition) is 2. The van der Waals surface area contributed by atoms with Gasteiger partial charge in [-0.25, -0.2) is 9.48 Å². The highest BCUT2D eigenvalue weighted by atomic mass is 79.9. The number of aromatic nitrogens is 2. The van der Waals surface area contributed by atoms with Gasteiger partial charge in [0.15, 0.2) is 5.69 Å². The van der Waals surface area contributed by atoms with Crippen LogP contribution in [-0.4, -0.2) is 20.9 Å². The minimum atomic E-state index is -1.07. The zero-order valence-electron chi connectivity index (χ0n) is 8.82. The van der Waals surface area contributed by atoms with Crippen molar-refractivity contribution in [2.24, 2.45) is 0 Å². The van der Waals surface area contributed by atoms with Crippen LogP contribution in [0.1, 0.15) is 16.2 Å². The van der Waals surface area contributed by atoms with Crippen LogP contribution in [-0.2, 0) is 0 Å². The molecule has 1 N–H and O–H groups in total. The van der Waals surface area contributed by atoms with Gasteiger partial charge in [0, 0.05) is 5.02 Å². The Morgan fingerprint density at radius 1 is 1.53 bits per heavy atom. The summed E-state index contributed by atoms with van der Waals surface area (Å²) < 4.78 is 2.02. The van der Waals surface area contributed by atoms with Crippen LogP contribution in [0.25, 0.3) is 5.69 Å². The standard InChI is InChI=1S/C11H8BrClN2O2/c1-6-9(12)10(11(16)17)14-15(6)8-4-2-3-7(13)5-8/h2-5H,1H3,(H,16,17). The van der Waals surface area contributed by atoms with Crippen LogP contribution in [0.2, 0.25) is 5.02 Å². The van der Waals surface area contributed by atoms with Crippen molar-refractivity contribution in [1.29, 1.82) is 0 Å². The molecule has 0 aliphatic heterocycles. The second-order valence-electron chi connectivity index (χ2n) is 3.44. The summed E-state index contributed by atoms with van der Waals surface area (Å²) in [6, 6.07) is 7.06. The molecule has 1 aromatic carbocycles. The van der Waals surface area contributed by atoms with E-state index in [0.717, 1.165) is 5.69 Å². The molecule has 2 aromatic rings. The molecular formula is C11H8BrClN2O2. The fraction of sp³-hybridized carbons (Fsp3) is 0.0909. The van der Waals surface area contributed by atoms with Crippen LogP contribution in [0, 0.1) is 6.92 Å². The van der Waals surface area contributed by atoms with E-state index in [-0.39, 0.29) is 5.69 Å². The zero-order chi connectivity index (χ0) is 12.6. The van der Waals surface area contributed by atoms with E-state index < -0.39 is 5.97 Å². The Bertz CT molecular complexity index is 595. The Kier molecular flexibility index (Phi) is 3.22. The van der Waals surface area contributed by atoms with E-state index in [9.17, 15) is 4.79 Å². The molecule has 0 radical (unpaired) electrons. The topological polar surface area (TPSA) is 55.1 Å². The molecule has 0 saturated heterocycles. The van der Waals surface area contributed by atoms with Crippen LogP contribution < -0.4 is 0 Å². The SMILES string of the molecule is Cc1c(Br)c(C(=O)O)nn1-c1cccc(Cl)c1. The molecule has 1 aromatic heterocycles. The first-order valence-electron chi connectivity index (χ1n) is 4.75. The summed E-state index contributed by atoms with van der Waals surface area (Å²) in [6.07, 6.45) is 0. The van der Waals surface area contributed by atoms with Crippen LogP contribution >= 0.6 is 27.5 Å². The molecule has 2 rings (SSSR count). The quantitative estimate of drug-likeness (QED) is 0.925. The molecule has 0 spiro atoms. The van der Waals surface area contributed by atoms with Crippen molar-refractivity contribution in [3.63, 3.8) is 0 Å². The van der Waals surface area contributed by atoms with Crippen molar-refractivity contribution in [3.05, 3.63) is 45.1 Å². The van der Waals surface area contributed by atoms with Gasteiger partial charge in [-0.3, -0.25) is 0 Å². The van der Waals surface area contributed by atoms with Crippen LogP contribution in [0.3, 0.4) is 0 Å². The van der Waals surface area contributed by atoms with Gasteiger partial charge in [0.2, 0.25) is 0 Å². The summed E-state index contributed by atoms with van der Waals surface area (Å²) in [4.78, 5) is 11.0. The summed E-state index contributed by atoms with van der Waals surface area (Å²) in [5, 5.41) is 13.6. The highest BCUT2D eigenvalue weighted by Crippen LogP contribution is 2.24. The normalized spacial score (nSPS) is 10.5. The molecule has 0 fully saturated rings. The van der Waals surface area contributed by atoms with E-state index in [0.29, 0.717) is 15.2 Å². The molecule has 4 nitrogen and oxygen atoms in total. The highest BCUT2D eigenvalue weighted by molar-refractivity contribution is 9.10. The maximum atomic E-state index is 11.0. The summed E-state index contributed by atoms with van der Waals surface area (Å²) >= 11 is 9.11. The minimum absolute atomic E-state index is 0.0116. The number of benzene rings is 1. The highest BCUT2D eigenvalue weighted by Gasteiger charge is 2.18. The van der Waals surface area contributed by atoms with Gasteiger partial charge in [-0.05, 0) is 41.1 Å². The largest absolute Gasteiger partial charge is 0.476 e. The second-order valence-corrected chi connectivity index (χ2v) is 4.67. The van der Waals surface area contributed by atoms with Gasteiger partial charge < -0.3 is 5.11 Å². The van der Waals surface area contributed by atoms with Crippen molar-refractivity contribution in [2.45, 2.75) is 6.92 Å². The number of carbonyl (C=O) groups is 1. The lowest BCUT2D eigenvalue weighted by molar-refractivity contribution is 0.0689. The third kappa shape index (κ3) is 2.21. The maximum absolute atomic E-state index is 11.0. The van der Waals surface area contributed by atoms with E-state index in [2.05, 4.69) is 21.0 Å². The Balaban J connectivity index is 2.61. The van der Waals surface area contributed by atoms with E-state index in [1.165, 1.54) is 0 Å². The van der Waals surface area contributed by atoms with Crippen molar-refractivity contribution < 1.29 is 9.90 Å². The average Bonchev–Trinajstić information content (AvgIpc) is 2.56. The smallest absolute Gasteiger partial charge is 0.357 e. The van der Waals surface area contributed by atoms with Crippen molar-refractivity contribution in [1.82, 2.24) is 9.78 Å². The van der Waals surface area contributed by atoms with Gasteiger partial charge in [-0.1, -0.05) is 17.7 Å². The molecule has 0 unspecified atom stereocenters. The molecule has 0 aliphatic rings. The van der Waals surface area contributed by atoms with Gasteiger partial charge in [-0.2, -0.15) is 5.10 Å². The lowest BCUT2D eigenvalue weighted by Crippen LogP contribution is -2.02. The second kappa shape index (κ2) is 4.50. The number of carboxylic acids is 1. The van der Waals surface area contributed by atoms with E-state index in [1.807, 2.05) is 6.07 Å².